The van der Waals surface area contributed by atoms with Gasteiger partial charge in [-0.2, -0.15) is 0 Å². The molecule has 2 rings (SSSR count). The summed E-state index contributed by atoms with van der Waals surface area (Å²) >= 11 is 5.77. The Morgan fingerprint density at radius 1 is 1.24 bits per heavy atom. The van der Waals surface area contributed by atoms with Gasteiger partial charge in [-0.25, -0.2) is 0 Å². The fraction of sp³-hybridized carbons (Fsp3) is 0.467. The first-order valence-corrected chi connectivity index (χ1v) is 7.20. The van der Waals surface area contributed by atoms with Gasteiger partial charge in [-0.1, -0.05) is 18.5 Å². The lowest BCUT2D eigenvalue weighted by Gasteiger charge is -2.19. The summed E-state index contributed by atoms with van der Waals surface area (Å²) in [6.07, 6.45) is -1.73. The van der Waals surface area contributed by atoms with E-state index in [-0.39, 0.29) is 31.2 Å². The number of halogens is 1. The minimum atomic E-state index is -0.909. The molecule has 1 fully saturated rings. The molecule has 0 aliphatic carbocycles. The first-order chi connectivity index (χ1) is 9.88. The van der Waals surface area contributed by atoms with Crippen LogP contribution in [0.5, 0.6) is 0 Å². The predicted octanol–water partition coefficient (Wildman–Crippen LogP) is 1.11. The number of benzene rings is 1. The normalized spacial score (nSPS) is 23.1. The van der Waals surface area contributed by atoms with Gasteiger partial charge in [0.2, 0.25) is 5.91 Å². The van der Waals surface area contributed by atoms with Crippen molar-refractivity contribution < 1.29 is 19.8 Å². The molecule has 1 unspecified atom stereocenters. The molecule has 6 heteroatoms. The molecule has 1 aromatic carbocycles. The molecule has 1 aliphatic heterocycles. The van der Waals surface area contributed by atoms with E-state index in [9.17, 15) is 19.8 Å². The molecule has 0 bridgehead atoms. The fourth-order valence-electron chi connectivity index (χ4n) is 2.38. The third-order valence-electron chi connectivity index (χ3n) is 3.65. The van der Waals surface area contributed by atoms with Gasteiger partial charge >= 0.3 is 0 Å². The molecule has 1 saturated heterocycles. The van der Waals surface area contributed by atoms with Gasteiger partial charge < -0.3 is 15.1 Å². The highest BCUT2D eigenvalue weighted by molar-refractivity contribution is 6.30. The van der Waals surface area contributed by atoms with Gasteiger partial charge in [0.1, 0.15) is 0 Å². The third-order valence-corrected chi connectivity index (χ3v) is 3.90. The first-order valence-electron chi connectivity index (χ1n) is 6.82. The van der Waals surface area contributed by atoms with Gasteiger partial charge in [-0.3, -0.25) is 9.59 Å². The molecule has 1 aliphatic rings. The molecule has 2 N–H and O–H groups in total. The van der Waals surface area contributed by atoms with Crippen LogP contribution in [0.2, 0.25) is 5.02 Å². The van der Waals surface area contributed by atoms with Crippen LogP contribution in [0.3, 0.4) is 0 Å². The zero-order valence-electron chi connectivity index (χ0n) is 11.7. The van der Waals surface area contributed by atoms with Gasteiger partial charge in [-0.05, 0) is 24.3 Å². The van der Waals surface area contributed by atoms with Crippen LogP contribution in [0.25, 0.3) is 0 Å². The number of ketones is 1. The van der Waals surface area contributed by atoms with Gasteiger partial charge in [0.05, 0.1) is 12.2 Å². The number of aliphatic hydroxyl groups is 2. The van der Waals surface area contributed by atoms with E-state index in [0.29, 0.717) is 10.6 Å². The van der Waals surface area contributed by atoms with E-state index in [2.05, 4.69) is 0 Å². The number of hydrogen-bond donors (Lipinski definition) is 2. The quantitative estimate of drug-likeness (QED) is 0.817. The van der Waals surface area contributed by atoms with Crippen LogP contribution in [0, 0.1) is 5.92 Å². The number of carbonyl (C=O) groups excluding carboxylic acids is 2. The van der Waals surface area contributed by atoms with Crippen molar-refractivity contribution in [2.24, 2.45) is 5.92 Å². The molecule has 0 saturated carbocycles. The fourth-order valence-corrected chi connectivity index (χ4v) is 2.51. The van der Waals surface area contributed by atoms with E-state index < -0.39 is 18.1 Å². The van der Waals surface area contributed by atoms with E-state index in [4.69, 9.17) is 11.6 Å². The summed E-state index contributed by atoms with van der Waals surface area (Å²) in [5, 5.41) is 19.5. The Balaban J connectivity index is 1.94. The largest absolute Gasteiger partial charge is 0.388 e. The maximum Gasteiger partial charge on any atom is 0.226 e. The zero-order chi connectivity index (χ0) is 15.6. The number of nitrogens with zero attached hydrogens (tertiary/aromatic N) is 1. The highest BCUT2D eigenvalue weighted by Crippen LogP contribution is 2.18. The summed E-state index contributed by atoms with van der Waals surface area (Å²) in [7, 11) is 0. The van der Waals surface area contributed by atoms with Gasteiger partial charge in [0.25, 0.3) is 0 Å². The zero-order valence-corrected chi connectivity index (χ0v) is 12.5. The maximum atomic E-state index is 12.2. The van der Waals surface area contributed by atoms with Crippen LogP contribution in [0.1, 0.15) is 23.7 Å². The second-order valence-electron chi connectivity index (χ2n) is 5.41. The topological polar surface area (TPSA) is 77.8 Å². The Kier molecular flexibility index (Phi) is 4.98. The van der Waals surface area contributed by atoms with Crippen LogP contribution in [0.4, 0.5) is 0 Å². The number of likely N-dealkylation sites (tertiary alicyclic amines) is 1. The number of amides is 1. The molecule has 114 valence electrons. The minimum Gasteiger partial charge on any atom is -0.388 e. The average Bonchev–Trinajstić information content (AvgIpc) is 2.78. The van der Waals surface area contributed by atoms with Crippen LogP contribution in [-0.4, -0.2) is 52.1 Å². The molecule has 0 spiro atoms. The van der Waals surface area contributed by atoms with Crippen molar-refractivity contribution in [1.82, 2.24) is 4.90 Å². The average molecular weight is 312 g/mol. The lowest BCUT2D eigenvalue weighted by atomic mass is 9.98. The number of carbonyl (C=O) groups is 2. The van der Waals surface area contributed by atoms with Crippen molar-refractivity contribution in [3.8, 4) is 0 Å². The summed E-state index contributed by atoms with van der Waals surface area (Å²) in [6, 6.07) is 6.53. The highest BCUT2D eigenvalue weighted by atomic mass is 35.5. The van der Waals surface area contributed by atoms with Crippen molar-refractivity contribution >= 4 is 23.3 Å². The lowest BCUT2D eigenvalue weighted by Crippen LogP contribution is -2.35. The number of rotatable bonds is 4. The molecule has 0 radical (unpaired) electrons. The van der Waals surface area contributed by atoms with Crippen molar-refractivity contribution in [3.05, 3.63) is 34.9 Å². The Labute approximate surface area is 128 Å². The summed E-state index contributed by atoms with van der Waals surface area (Å²) in [4.78, 5) is 25.7. The SMILES string of the molecule is CC(CC(=O)c1ccc(Cl)cc1)C(=O)N1C[C@@H](O)[C@H](O)C1. The summed E-state index contributed by atoms with van der Waals surface area (Å²) < 4.78 is 0. The van der Waals surface area contributed by atoms with Gasteiger partial charge in [0, 0.05) is 36.0 Å². The van der Waals surface area contributed by atoms with Crippen LogP contribution in [-0.2, 0) is 4.79 Å². The van der Waals surface area contributed by atoms with E-state index in [1.807, 2.05) is 0 Å². The van der Waals surface area contributed by atoms with Crippen molar-refractivity contribution in [3.63, 3.8) is 0 Å². The second-order valence-corrected chi connectivity index (χ2v) is 5.85. The molecular formula is C15H18ClNO4. The number of hydrogen-bond acceptors (Lipinski definition) is 4. The van der Waals surface area contributed by atoms with Gasteiger partial charge in [-0.15, -0.1) is 0 Å². The Morgan fingerprint density at radius 2 is 1.76 bits per heavy atom. The van der Waals surface area contributed by atoms with Crippen LogP contribution < -0.4 is 0 Å². The molecular weight excluding hydrogens is 294 g/mol. The number of aliphatic hydroxyl groups excluding tert-OH is 2. The molecule has 1 heterocycles. The summed E-state index contributed by atoms with van der Waals surface area (Å²) in [5.41, 5.74) is 0.514. The van der Waals surface area contributed by atoms with Crippen LogP contribution >= 0.6 is 11.6 Å². The monoisotopic (exact) mass is 311 g/mol. The first kappa shape index (κ1) is 15.9. The van der Waals surface area contributed by atoms with E-state index in [1.54, 1.807) is 31.2 Å². The highest BCUT2D eigenvalue weighted by Gasteiger charge is 2.34. The summed E-state index contributed by atoms with van der Waals surface area (Å²) in [6.45, 7) is 1.90. The standard InChI is InChI=1S/C15H18ClNO4/c1-9(15(21)17-7-13(19)14(20)8-17)6-12(18)10-2-4-11(16)5-3-10/h2-5,9,13-14,19-20H,6-8H2,1H3/t9?,13-,14-/m1/s1. The summed E-state index contributed by atoms with van der Waals surface area (Å²) in [5.74, 6) is -0.855. The maximum absolute atomic E-state index is 12.2. The molecule has 0 aromatic heterocycles. The predicted molar refractivity (Wildman–Crippen MR) is 78.2 cm³/mol. The minimum absolute atomic E-state index is 0.0865. The Hall–Kier alpha value is -1.43. The Morgan fingerprint density at radius 3 is 2.29 bits per heavy atom. The van der Waals surface area contributed by atoms with Gasteiger partial charge in [0.15, 0.2) is 5.78 Å². The second kappa shape index (κ2) is 6.56. The van der Waals surface area contributed by atoms with E-state index in [1.165, 1.54) is 4.90 Å². The van der Waals surface area contributed by atoms with Crippen molar-refractivity contribution in [2.75, 3.05) is 13.1 Å². The smallest absolute Gasteiger partial charge is 0.226 e. The van der Waals surface area contributed by atoms with Crippen LogP contribution in [0.15, 0.2) is 24.3 Å². The van der Waals surface area contributed by atoms with E-state index >= 15 is 0 Å². The lowest BCUT2D eigenvalue weighted by molar-refractivity contribution is -0.134. The number of Topliss-reactive ketones (excluding diaryl/α,β-unsaturated/α-hetero) is 1. The molecule has 21 heavy (non-hydrogen) atoms. The molecule has 5 nitrogen and oxygen atoms in total. The third kappa shape index (κ3) is 3.81. The van der Waals surface area contributed by atoms with Crippen molar-refractivity contribution in [1.29, 1.82) is 0 Å². The molecule has 1 aromatic rings. The van der Waals surface area contributed by atoms with Crippen molar-refractivity contribution in [2.45, 2.75) is 25.6 Å². The number of β-amino-alcohol motifs (C(OH)–C–C–N with tert-alkyl or cyclic N) is 2. The molecule has 3 atom stereocenters. The van der Waals surface area contributed by atoms with E-state index in [0.717, 1.165) is 0 Å². The Bertz CT molecular complexity index is 521. The molecule has 1 amide bonds.